The number of nitrogens with zero attached hydrogens (tertiary/aromatic N) is 1. The lowest BCUT2D eigenvalue weighted by Gasteiger charge is -2.19. The van der Waals surface area contributed by atoms with E-state index < -0.39 is 5.97 Å². The van der Waals surface area contributed by atoms with E-state index in [1.54, 1.807) is 11.3 Å². The monoisotopic (exact) mass is 239 g/mol. The number of carboxylic acid groups (broad SMARTS) is 1. The normalized spacial score (nSPS) is 18.8. The Bertz CT molecular complexity index is 380. The zero-order chi connectivity index (χ0) is 11.6. The lowest BCUT2D eigenvalue weighted by molar-refractivity contribution is -0.136. The molecule has 1 heterocycles. The standard InChI is InChI=1S/C12H17NO2S/c1-12(6-2-3-7-12)11-13-8-9(16-11)4-5-10(14)15/h8H,2-7H2,1H3,(H,14,15). The first-order valence-electron chi connectivity index (χ1n) is 5.77. The molecule has 1 aromatic rings. The van der Waals surface area contributed by atoms with Gasteiger partial charge in [-0.1, -0.05) is 19.8 Å². The van der Waals surface area contributed by atoms with E-state index in [0.717, 1.165) is 4.88 Å². The van der Waals surface area contributed by atoms with Gasteiger partial charge in [0.1, 0.15) is 0 Å². The molecule has 1 aliphatic rings. The number of carboxylic acids is 1. The average molecular weight is 239 g/mol. The number of aryl methyl sites for hydroxylation is 1. The van der Waals surface area contributed by atoms with Crippen LogP contribution in [0.5, 0.6) is 0 Å². The average Bonchev–Trinajstić information content (AvgIpc) is 2.84. The fraction of sp³-hybridized carbons (Fsp3) is 0.667. The van der Waals surface area contributed by atoms with Gasteiger partial charge in [0.2, 0.25) is 0 Å². The Balaban J connectivity index is 2.04. The van der Waals surface area contributed by atoms with Crippen LogP contribution in [-0.2, 0) is 16.6 Å². The van der Waals surface area contributed by atoms with Gasteiger partial charge >= 0.3 is 5.97 Å². The van der Waals surface area contributed by atoms with Crippen LogP contribution in [0.4, 0.5) is 0 Å². The molecular formula is C12H17NO2S. The summed E-state index contributed by atoms with van der Waals surface area (Å²) in [5.74, 6) is -0.734. The smallest absolute Gasteiger partial charge is 0.303 e. The summed E-state index contributed by atoms with van der Waals surface area (Å²) in [5, 5.41) is 9.83. The van der Waals surface area contributed by atoms with Gasteiger partial charge < -0.3 is 5.11 Å². The van der Waals surface area contributed by atoms with Gasteiger partial charge in [-0.15, -0.1) is 11.3 Å². The second-order valence-corrected chi connectivity index (χ2v) is 5.91. The summed E-state index contributed by atoms with van der Waals surface area (Å²) in [7, 11) is 0. The molecule has 0 aromatic carbocycles. The lowest BCUT2D eigenvalue weighted by atomic mass is 9.90. The zero-order valence-corrected chi connectivity index (χ0v) is 10.3. The van der Waals surface area contributed by atoms with Crippen molar-refractivity contribution in [3.63, 3.8) is 0 Å². The van der Waals surface area contributed by atoms with Crippen LogP contribution in [0.2, 0.25) is 0 Å². The molecule has 1 aromatic heterocycles. The minimum Gasteiger partial charge on any atom is -0.481 e. The summed E-state index contributed by atoms with van der Waals surface area (Å²) in [4.78, 5) is 16.1. The first kappa shape index (κ1) is 11.6. The highest BCUT2D eigenvalue weighted by atomic mass is 32.1. The molecule has 0 saturated heterocycles. The summed E-state index contributed by atoms with van der Waals surface area (Å²) in [6.07, 6.45) is 7.70. The van der Waals surface area contributed by atoms with Crippen LogP contribution in [0.3, 0.4) is 0 Å². The molecule has 0 unspecified atom stereocenters. The Hall–Kier alpha value is -0.900. The molecule has 3 nitrogen and oxygen atoms in total. The molecule has 2 rings (SSSR count). The van der Waals surface area contributed by atoms with Crippen molar-refractivity contribution in [1.82, 2.24) is 4.98 Å². The summed E-state index contributed by atoms with van der Waals surface area (Å²) < 4.78 is 0. The molecule has 16 heavy (non-hydrogen) atoms. The summed E-state index contributed by atoms with van der Waals surface area (Å²) in [6, 6.07) is 0. The molecule has 0 bridgehead atoms. The fourth-order valence-corrected chi connectivity index (χ4v) is 3.42. The van der Waals surface area contributed by atoms with Crippen molar-refractivity contribution >= 4 is 17.3 Å². The lowest BCUT2D eigenvalue weighted by Crippen LogP contribution is -2.15. The number of aliphatic carboxylic acids is 1. The van der Waals surface area contributed by atoms with E-state index in [1.165, 1.54) is 30.7 Å². The zero-order valence-electron chi connectivity index (χ0n) is 9.53. The molecule has 1 fully saturated rings. The summed E-state index contributed by atoms with van der Waals surface area (Å²) >= 11 is 1.70. The molecule has 1 aliphatic carbocycles. The van der Waals surface area contributed by atoms with E-state index in [4.69, 9.17) is 5.11 Å². The van der Waals surface area contributed by atoms with E-state index in [-0.39, 0.29) is 11.8 Å². The van der Waals surface area contributed by atoms with E-state index in [0.29, 0.717) is 6.42 Å². The molecule has 1 saturated carbocycles. The predicted molar refractivity (Wildman–Crippen MR) is 63.9 cm³/mol. The van der Waals surface area contributed by atoms with Crippen molar-refractivity contribution in [2.75, 3.05) is 0 Å². The second-order valence-electron chi connectivity index (χ2n) is 4.79. The van der Waals surface area contributed by atoms with Crippen molar-refractivity contribution in [1.29, 1.82) is 0 Å². The molecular weight excluding hydrogens is 222 g/mol. The van der Waals surface area contributed by atoms with Gasteiger partial charge in [-0.05, 0) is 19.3 Å². The number of hydrogen-bond acceptors (Lipinski definition) is 3. The van der Waals surface area contributed by atoms with Crippen molar-refractivity contribution in [2.24, 2.45) is 0 Å². The van der Waals surface area contributed by atoms with Crippen molar-refractivity contribution < 1.29 is 9.90 Å². The molecule has 4 heteroatoms. The molecule has 88 valence electrons. The Morgan fingerprint density at radius 1 is 1.56 bits per heavy atom. The van der Waals surface area contributed by atoms with Crippen molar-refractivity contribution in [3.05, 3.63) is 16.1 Å². The molecule has 1 N–H and O–H groups in total. The van der Waals surface area contributed by atoms with Crippen LogP contribution in [0.15, 0.2) is 6.20 Å². The van der Waals surface area contributed by atoms with Crippen LogP contribution in [0.1, 0.15) is 48.9 Å². The van der Waals surface area contributed by atoms with Gasteiger partial charge in [0.25, 0.3) is 0 Å². The fourth-order valence-electron chi connectivity index (χ4n) is 2.30. The van der Waals surface area contributed by atoms with Crippen LogP contribution in [0, 0.1) is 0 Å². The Morgan fingerprint density at radius 3 is 2.88 bits per heavy atom. The minimum absolute atomic E-state index is 0.207. The van der Waals surface area contributed by atoms with Crippen LogP contribution >= 0.6 is 11.3 Å². The van der Waals surface area contributed by atoms with Gasteiger partial charge in [-0.25, -0.2) is 4.98 Å². The Morgan fingerprint density at radius 2 is 2.25 bits per heavy atom. The minimum atomic E-state index is -0.734. The van der Waals surface area contributed by atoms with E-state index in [1.807, 2.05) is 6.20 Å². The predicted octanol–water partition coefficient (Wildman–Crippen LogP) is 2.99. The topological polar surface area (TPSA) is 50.2 Å². The maximum absolute atomic E-state index is 10.5. The van der Waals surface area contributed by atoms with Gasteiger partial charge in [0, 0.05) is 16.5 Å². The molecule has 0 aliphatic heterocycles. The van der Waals surface area contributed by atoms with Gasteiger partial charge in [0.05, 0.1) is 11.4 Å². The maximum atomic E-state index is 10.5. The number of rotatable bonds is 4. The highest BCUT2D eigenvalue weighted by Crippen LogP contribution is 2.42. The largest absolute Gasteiger partial charge is 0.481 e. The number of aromatic nitrogens is 1. The highest BCUT2D eigenvalue weighted by Gasteiger charge is 2.33. The molecule has 0 spiro atoms. The third-order valence-corrected chi connectivity index (χ3v) is 4.73. The summed E-state index contributed by atoms with van der Waals surface area (Å²) in [6.45, 7) is 2.28. The highest BCUT2D eigenvalue weighted by molar-refractivity contribution is 7.11. The van der Waals surface area contributed by atoms with Crippen LogP contribution in [-0.4, -0.2) is 16.1 Å². The first-order valence-corrected chi connectivity index (χ1v) is 6.59. The first-order chi connectivity index (χ1) is 7.60. The van der Waals surface area contributed by atoms with E-state index >= 15 is 0 Å². The van der Waals surface area contributed by atoms with Crippen molar-refractivity contribution in [3.8, 4) is 0 Å². The van der Waals surface area contributed by atoms with E-state index in [9.17, 15) is 4.79 Å². The van der Waals surface area contributed by atoms with Gasteiger partial charge in [0.15, 0.2) is 0 Å². The number of thiazole rings is 1. The van der Waals surface area contributed by atoms with Gasteiger partial charge in [-0.3, -0.25) is 4.79 Å². The molecule has 0 atom stereocenters. The van der Waals surface area contributed by atoms with Crippen molar-refractivity contribution in [2.45, 2.75) is 50.9 Å². The Kier molecular flexibility index (Phi) is 3.28. The third-order valence-electron chi connectivity index (χ3n) is 3.36. The van der Waals surface area contributed by atoms with Crippen LogP contribution < -0.4 is 0 Å². The molecule has 0 amide bonds. The molecule has 0 radical (unpaired) electrons. The summed E-state index contributed by atoms with van der Waals surface area (Å²) in [5.41, 5.74) is 0.256. The number of hydrogen-bond donors (Lipinski definition) is 1. The Labute approximate surface area is 99.5 Å². The quantitative estimate of drug-likeness (QED) is 0.878. The maximum Gasteiger partial charge on any atom is 0.303 e. The third kappa shape index (κ3) is 2.43. The SMILES string of the molecule is CC1(c2ncc(CCC(=O)O)s2)CCCC1. The van der Waals surface area contributed by atoms with Crippen LogP contribution in [0.25, 0.3) is 0 Å². The second kappa shape index (κ2) is 4.53. The van der Waals surface area contributed by atoms with E-state index in [2.05, 4.69) is 11.9 Å². The number of carbonyl (C=O) groups is 1. The van der Waals surface area contributed by atoms with Gasteiger partial charge in [-0.2, -0.15) is 0 Å².